The van der Waals surface area contributed by atoms with Gasteiger partial charge in [0.25, 0.3) is 0 Å². The summed E-state index contributed by atoms with van der Waals surface area (Å²) in [4.78, 5) is 10.1. The third-order valence-electron chi connectivity index (χ3n) is 1.45. The number of carbonyl (C=O) groups is 1. The second-order valence-electron chi connectivity index (χ2n) is 2.56. The van der Waals surface area contributed by atoms with Crippen LogP contribution >= 0.6 is 11.8 Å². The Labute approximate surface area is 86.5 Å². The minimum Gasteiger partial charge on any atom is -0.477 e. The molecule has 4 nitrogen and oxygen atoms in total. The number of hydrogen-bond donors (Lipinski definition) is 1. The quantitative estimate of drug-likeness (QED) is 0.470. The van der Waals surface area contributed by atoms with Crippen molar-refractivity contribution in [3.63, 3.8) is 0 Å². The summed E-state index contributed by atoms with van der Waals surface area (Å²) in [5, 5.41) is 11.8. The molecule has 1 aromatic carbocycles. The Bertz CT molecular complexity index is 327. The highest BCUT2D eigenvalue weighted by molar-refractivity contribution is 6.22. The van der Waals surface area contributed by atoms with E-state index in [-0.39, 0.29) is 0 Å². The predicted octanol–water partition coefficient (Wildman–Crippen LogP) is 1.71. The summed E-state index contributed by atoms with van der Waals surface area (Å²) in [6.45, 7) is 0.367. The molecule has 1 rings (SSSR count). The van der Waals surface area contributed by atoms with Crippen molar-refractivity contribution in [2.75, 3.05) is 0 Å². The van der Waals surface area contributed by atoms with Crippen LogP contribution in [0.2, 0.25) is 0 Å². The zero-order valence-corrected chi connectivity index (χ0v) is 8.05. The molecule has 0 aromatic heterocycles. The normalized spacial score (nSPS) is 10.4. The van der Waals surface area contributed by atoms with E-state index in [0.29, 0.717) is 6.54 Å². The first-order valence-corrected chi connectivity index (χ1v) is 4.26. The van der Waals surface area contributed by atoms with E-state index in [0.717, 1.165) is 16.3 Å². The van der Waals surface area contributed by atoms with Crippen molar-refractivity contribution < 1.29 is 9.90 Å². The lowest BCUT2D eigenvalue weighted by Crippen LogP contribution is -2.06. The maximum absolute atomic E-state index is 10.1. The van der Waals surface area contributed by atoms with Crippen molar-refractivity contribution >= 4 is 24.0 Å². The molecule has 0 unspecified atom stereocenters. The van der Waals surface area contributed by atoms with Crippen molar-refractivity contribution in [3.05, 3.63) is 35.9 Å². The van der Waals surface area contributed by atoms with Crippen LogP contribution in [-0.4, -0.2) is 21.8 Å². The molecule has 0 bridgehead atoms. The van der Waals surface area contributed by atoms with Crippen molar-refractivity contribution in [1.29, 1.82) is 0 Å². The average molecular weight is 213 g/mol. The van der Waals surface area contributed by atoms with Gasteiger partial charge in [0.15, 0.2) is 0 Å². The largest absolute Gasteiger partial charge is 0.477 e. The van der Waals surface area contributed by atoms with Crippen molar-refractivity contribution in [2.45, 2.75) is 6.54 Å². The monoisotopic (exact) mass is 212 g/mol. The van der Waals surface area contributed by atoms with Gasteiger partial charge >= 0.3 is 5.97 Å². The molecule has 0 spiro atoms. The average Bonchev–Trinajstić information content (AvgIpc) is 2.16. The molecule has 0 radical (unpaired) electrons. The Morgan fingerprint density at radius 2 is 2.14 bits per heavy atom. The maximum Gasteiger partial charge on any atom is 0.348 e. The van der Waals surface area contributed by atoms with Crippen LogP contribution in [0.15, 0.2) is 35.4 Å². The van der Waals surface area contributed by atoms with Gasteiger partial charge in [0.2, 0.25) is 0 Å². The molecule has 0 fully saturated rings. The summed E-state index contributed by atoms with van der Waals surface area (Å²) < 4.78 is 1.05. The summed E-state index contributed by atoms with van der Waals surface area (Å²) in [5.41, 5.74) is 0.963. The molecule has 5 heteroatoms. The number of benzene rings is 1. The minimum absolute atomic E-state index is 0.367. The zero-order valence-electron chi connectivity index (χ0n) is 7.30. The van der Waals surface area contributed by atoms with Gasteiger partial charge in [0, 0.05) is 11.8 Å². The number of hydrogen-bond acceptors (Lipinski definition) is 3. The van der Waals surface area contributed by atoms with E-state index >= 15 is 0 Å². The van der Waals surface area contributed by atoms with E-state index in [2.05, 4.69) is 5.10 Å². The van der Waals surface area contributed by atoms with Crippen LogP contribution in [0.1, 0.15) is 5.56 Å². The predicted molar refractivity (Wildman–Crippen MR) is 54.0 cm³/mol. The van der Waals surface area contributed by atoms with Crippen LogP contribution in [0.5, 0.6) is 0 Å². The van der Waals surface area contributed by atoms with E-state index in [1.807, 2.05) is 30.3 Å². The number of rotatable bonds is 4. The summed E-state index contributed by atoms with van der Waals surface area (Å²) in [6, 6.07) is 9.40. The third kappa shape index (κ3) is 3.91. The summed E-state index contributed by atoms with van der Waals surface area (Å²) in [6.07, 6.45) is 0.746. The summed E-state index contributed by atoms with van der Waals surface area (Å²) in [7, 11) is 0. The molecule has 0 atom stereocenters. The Morgan fingerprint density at radius 3 is 2.71 bits per heavy atom. The van der Waals surface area contributed by atoms with E-state index in [1.54, 1.807) is 0 Å². The fourth-order valence-corrected chi connectivity index (χ4v) is 1.07. The lowest BCUT2D eigenvalue weighted by atomic mass is 10.2. The van der Waals surface area contributed by atoms with Crippen molar-refractivity contribution in [1.82, 2.24) is 4.53 Å². The van der Waals surface area contributed by atoms with Gasteiger partial charge in [-0.3, -0.25) is 0 Å². The van der Waals surface area contributed by atoms with Gasteiger partial charge in [-0.05, 0) is 5.56 Å². The first-order valence-electron chi connectivity index (χ1n) is 3.92. The van der Waals surface area contributed by atoms with Gasteiger partial charge in [-0.25, -0.2) is 9.32 Å². The molecule has 1 aromatic rings. The highest BCUT2D eigenvalue weighted by Gasteiger charge is 1.98. The lowest BCUT2D eigenvalue weighted by molar-refractivity contribution is -0.128. The SMILES string of the molecule is O=C(O)C=NN(Cl)Cc1ccccc1. The second-order valence-corrected chi connectivity index (χ2v) is 2.95. The van der Waals surface area contributed by atoms with Crippen LogP contribution in [-0.2, 0) is 11.3 Å². The number of aliphatic carboxylic acids is 1. The van der Waals surface area contributed by atoms with Crippen LogP contribution < -0.4 is 0 Å². The molecule has 0 heterocycles. The van der Waals surface area contributed by atoms with Crippen LogP contribution in [0, 0.1) is 0 Å². The van der Waals surface area contributed by atoms with E-state index in [1.165, 1.54) is 0 Å². The van der Waals surface area contributed by atoms with E-state index < -0.39 is 5.97 Å². The number of hydrazone groups is 1. The molecule has 0 aliphatic heterocycles. The molecule has 0 amide bonds. The van der Waals surface area contributed by atoms with E-state index in [4.69, 9.17) is 16.9 Å². The molecule has 14 heavy (non-hydrogen) atoms. The van der Waals surface area contributed by atoms with Crippen LogP contribution in [0.4, 0.5) is 0 Å². The van der Waals surface area contributed by atoms with Crippen molar-refractivity contribution in [3.8, 4) is 0 Å². The first-order chi connectivity index (χ1) is 6.68. The van der Waals surface area contributed by atoms with Gasteiger partial charge in [-0.1, -0.05) is 30.3 Å². The Kier molecular flexibility index (Phi) is 3.94. The van der Waals surface area contributed by atoms with Crippen molar-refractivity contribution in [2.24, 2.45) is 5.10 Å². The van der Waals surface area contributed by atoms with E-state index in [9.17, 15) is 4.79 Å². The summed E-state index contributed by atoms with van der Waals surface area (Å²) >= 11 is 5.63. The van der Waals surface area contributed by atoms with Crippen LogP contribution in [0.3, 0.4) is 0 Å². The highest BCUT2D eigenvalue weighted by atomic mass is 35.5. The lowest BCUT2D eigenvalue weighted by Gasteiger charge is -2.07. The second kappa shape index (κ2) is 5.24. The first kappa shape index (κ1) is 10.5. The van der Waals surface area contributed by atoms with Gasteiger partial charge in [0.1, 0.15) is 6.21 Å². The fraction of sp³-hybridized carbons (Fsp3) is 0.111. The standard InChI is InChI=1S/C9H9ClN2O2/c10-12(11-6-9(13)14)7-8-4-2-1-3-5-8/h1-6H,7H2,(H,13,14). The summed E-state index contributed by atoms with van der Waals surface area (Å²) in [5.74, 6) is -1.12. The molecule has 0 aliphatic carbocycles. The molecule has 74 valence electrons. The molecular weight excluding hydrogens is 204 g/mol. The number of nitrogens with zero attached hydrogens (tertiary/aromatic N) is 2. The Hall–Kier alpha value is -1.55. The fourth-order valence-electron chi connectivity index (χ4n) is 0.887. The zero-order chi connectivity index (χ0) is 10.4. The van der Waals surface area contributed by atoms with Gasteiger partial charge in [-0.2, -0.15) is 5.10 Å². The molecule has 0 saturated heterocycles. The third-order valence-corrected chi connectivity index (χ3v) is 1.66. The van der Waals surface area contributed by atoms with Gasteiger partial charge < -0.3 is 5.11 Å². The van der Waals surface area contributed by atoms with Gasteiger partial charge in [-0.15, -0.1) is 0 Å². The molecular formula is C9H9ClN2O2. The Morgan fingerprint density at radius 1 is 1.50 bits per heavy atom. The molecule has 0 aliphatic rings. The highest BCUT2D eigenvalue weighted by Crippen LogP contribution is 2.06. The number of carboxylic acids is 1. The smallest absolute Gasteiger partial charge is 0.348 e. The molecule has 1 N–H and O–H groups in total. The minimum atomic E-state index is -1.12. The van der Waals surface area contributed by atoms with Crippen LogP contribution in [0.25, 0.3) is 0 Å². The maximum atomic E-state index is 10.1. The number of carboxylic acid groups (broad SMARTS) is 1. The molecule has 0 saturated carbocycles. The van der Waals surface area contributed by atoms with Gasteiger partial charge in [0.05, 0.1) is 6.54 Å². The Balaban J connectivity index is 2.49. The topological polar surface area (TPSA) is 52.9 Å². The number of halogens is 1.